The molecule has 0 spiro atoms. The van der Waals surface area contributed by atoms with E-state index in [0.29, 0.717) is 12.1 Å². The Balaban J connectivity index is 2.69. The van der Waals surface area contributed by atoms with Crippen molar-refractivity contribution in [3.63, 3.8) is 0 Å². The van der Waals surface area contributed by atoms with Crippen LogP contribution in [0.4, 0.5) is 4.39 Å². The van der Waals surface area contributed by atoms with Crippen LogP contribution in [0.5, 0.6) is 0 Å². The Hall–Kier alpha value is -1.38. The second-order valence-corrected chi connectivity index (χ2v) is 2.08. The van der Waals surface area contributed by atoms with Crippen LogP contribution < -0.4 is 5.43 Å². The lowest BCUT2D eigenvalue weighted by Crippen LogP contribution is -2.05. The largest absolute Gasteiger partial charge is 0.306 e. The van der Waals surface area contributed by atoms with Gasteiger partial charge in [-0.15, -0.1) is 0 Å². The van der Waals surface area contributed by atoms with E-state index in [1.807, 2.05) is 0 Å². The van der Waals surface area contributed by atoms with Crippen molar-refractivity contribution >= 4 is 6.72 Å². The molecule has 0 aliphatic carbocycles. The van der Waals surface area contributed by atoms with Crippen molar-refractivity contribution in [2.75, 3.05) is 0 Å². The van der Waals surface area contributed by atoms with Crippen LogP contribution in [0, 0.1) is 5.82 Å². The first-order valence-electron chi connectivity index (χ1n) is 3.26. The van der Waals surface area contributed by atoms with Gasteiger partial charge in [0.15, 0.2) is 0 Å². The SMILES string of the molecule is C=NNCc1ccccc1F. The van der Waals surface area contributed by atoms with E-state index in [9.17, 15) is 4.39 Å². The molecular formula is C8H9FN2. The van der Waals surface area contributed by atoms with Gasteiger partial charge in [0.25, 0.3) is 0 Å². The summed E-state index contributed by atoms with van der Waals surface area (Å²) in [5.74, 6) is -0.219. The maximum Gasteiger partial charge on any atom is 0.128 e. The summed E-state index contributed by atoms with van der Waals surface area (Å²) in [4.78, 5) is 0. The zero-order valence-corrected chi connectivity index (χ0v) is 6.05. The van der Waals surface area contributed by atoms with E-state index in [1.54, 1.807) is 18.2 Å². The lowest BCUT2D eigenvalue weighted by Gasteiger charge is -2.00. The first-order valence-corrected chi connectivity index (χ1v) is 3.26. The molecule has 1 rings (SSSR count). The van der Waals surface area contributed by atoms with Crippen molar-refractivity contribution in [2.45, 2.75) is 6.54 Å². The van der Waals surface area contributed by atoms with Gasteiger partial charge in [0.1, 0.15) is 5.82 Å². The van der Waals surface area contributed by atoms with E-state index in [2.05, 4.69) is 17.2 Å². The number of nitrogens with zero attached hydrogens (tertiary/aromatic N) is 1. The molecule has 58 valence electrons. The normalized spacial score (nSPS) is 9.18. The highest BCUT2D eigenvalue weighted by molar-refractivity contribution is 5.22. The zero-order valence-electron chi connectivity index (χ0n) is 6.05. The Morgan fingerprint density at radius 3 is 2.82 bits per heavy atom. The number of rotatable bonds is 3. The highest BCUT2D eigenvalue weighted by Crippen LogP contribution is 2.04. The Labute approximate surface area is 64.7 Å². The van der Waals surface area contributed by atoms with Gasteiger partial charge in [-0.2, -0.15) is 5.10 Å². The van der Waals surface area contributed by atoms with Gasteiger partial charge >= 0.3 is 0 Å². The minimum Gasteiger partial charge on any atom is -0.306 e. The molecule has 11 heavy (non-hydrogen) atoms. The minimum absolute atomic E-state index is 0.219. The van der Waals surface area contributed by atoms with E-state index >= 15 is 0 Å². The van der Waals surface area contributed by atoms with Crippen LogP contribution in [0.25, 0.3) is 0 Å². The molecule has 3 heteroatoms. The van der Waals surface area contributed by atoms with Crippen molar-refractivity contribution in [1.82, 2.24) is 5.43 Å². The van der Waals surface area contributed by atoms with Crippen molar-refractivity contribution < 1.29 is 4.39 Å². The maximum absolute atomic E-state index is 12.8. The van der Waals surface area contributed by atoms with Crippen LogP contribution in [0.15, 0.2) is 29.4 Å². The predicted octanol–water partition coefficient (Wildman–Crippen LogP) is 1.53. The summed E-state index contributed by atoms with van der Waals surface area (Å²) in [6.07, 6.45) is 0. The smallest absolute Gasteiger partial charge is 0.128 e. The van der Waals surface area contributed by atoms with Crippen LogP contribution >= 0.6 is 0 Å². The minimum atomic E-state index is -0.219. The lowest BCUT2D eigenvalue weighted by molar-refractivity contribution is 0.595. The standard InChI is InChI=1S/C8H9FN2/c1-10-11-6-7-4-2-3-5-8(7)9/h2-5,11H,1,6H2. The van der Waals surface area contributed by atoms with Crippen LogP contribution in [0.1, 0.15) is 5.56 Å². The third kappa shape index (κ3) is 2.04. The maximum atomic E-state index is 12.8. The van der Waals surface area contributed by atoms with Crippen LogP contribution in [0.3, 0.4) is 0 Å². The number of nitrogens with one attached hydrogen (secondary N) is 1. The summed E-state index contributed by atoms with van der Waals surface area (Å²) in [5, 5.41) is 3.41. The molecule has 0 atom stereocenters. The van der Waals surface area contributed by atoms with E-state index in [-0.39, 0.29) is 5.82 Å². The van der Waals surface area contributed by atoms with Gasteiger partial charge in [0.2, 0.25) is 0 Å². The number of hydrogen-bond acceptors (Lipinski definition) is 2. The molecule has 1 aromatic rings. The first kappa shape index (κ1) is 7.72. The predicted molar refractivity (Wildman–Crippen MR) is 42.8 cm³/mol. The molecule has 0 radical (unpaired) electrons. The van der Waals surface area contributed by atoms with Crippen molar-refractivity contribution in [3.8, 4) is 0 Å². The number of hydrogen-bond donors (Lipinski definition) is 1. The Bertz CT molecular complexity index is 248. The molecule has 0 saturated heterocycles. The number of benzene rings is 1. The van der Waals surface area contributed by atoms with Gasteiger partial charge in [-0.05, 0) is 6.07 Å². The molecule has 0 fully saturated rings. The van der Waals surface area contributed by atoms with E-state index in [0.717, 1.165) is 0 Å². The molecule has 0 aromatic heterocycles. The Morgan fingerprint density at radius 2 is 2.18 bits per heavy atom. The lowest BCUT2D eigenvalue weighted by atomic mass is 10.2. The fourth-order valence-electron chi connectivity index (χ4n) is 0.783. The molecular weight excluding hydrogens is 143 g/mol. The monoisotopic (exact) mass is 152 g/mol. The average Bonchev–Trinajstić information content (AvgIpc) is 2.03. The van der Waals surface area contributed by atoms with Crippen LogP contribution in [-0.2, 0) is 6.54 Å². The van der Waals surface area contributed by atoms with Crippen LogP contribution in [0.2, 0.25) is 0 Å². The summed E-state index contributed by atoms with van der Waals surface area (Å²) in [7, 11) is 0. The topological polar surface area (TPSA) is 24.4 Å². The highest BCUT2D eigenvalue weighted by atomic mass is 19.1. The molecule has 2 nitrogen and oxygen atoms in total. The second-order valence-electron chi connectivity index (χ2n) is 2.08. The highest BCUT2D eigenvalue weighted by Gasteiger charge is 1.96. The molecule has 0 amide bonds. The van der Waals surface area contributed by atoms with Gasteiger partial charge in [-0.1, -0.05) is 18.2 Å². The third-order valence-electron chi connectivity index (χ3n) is 1.34. The fraction of sp³-hybridized carbons (Fsp3) is 0.125. The number of hydrazone groups is 1. The molecule has 1 aromatic carbocycles. The molecule has 0 heterocycles. The van der Waals surface area contributed by atoms with Gasteiger partial charge in [0.05, 0.1) is 6.54 Å². The summed E-state index contributed by atoms with van der Waals surface area (Å²) < 4.78 is 12.8. The van der Waals surface area contributed by atoms with Gasteiger partial charge < -0.3 is 5.43 Å². The van der Waals surface area contributed by atoms with E-state index < -0.39 is 0 Å². The second kappa shape index (κ2) is 3.71. The summed E-state index contributed by atoms with van der Waals surface area (Å²) in [5.41, 5.74) is 3.18. The quantitative estimate of drug-likeness (QED) is 0.515. The van der Waals surface area contributed by atoms with Crippen molar-refractivity contribution in [3.05, 3.63) is 35.6 Å². The molecule has 0 aliphatic rings. The van der Waals surface area contributed by atoms with Crippen molar-refractivity contribution in [1.29, 1.82) is 0 Å². The Kier molecular flexibility index (Phi) is 2.60. The van der Waals surface area contributed by atoms with Gasteiger partial charge in [-0.25, -0.2) is 4.39 Å². The van der Waals surface area contributed by atoms with Gasteiger partial charge in [0, 0.05) is 12.3 Å². The average molecular weight is 152 g/mol. The zero-order chi connectivity index (χ0) is 8.10. The molecule has 0 bridgehead atoms. The first-order chi connectivity index (χ1) is 5.34. The van der Waals surface area contributed by atoms with E-state index in [1.165, 1.54) is 6.07 Å². The summed E-state index contributed by atoms with van der Waals surface area (Å²) >= 11 is 0. The third-order valence-corrected chi connectivity index (χ3v) is 1.34. The molecule has 1 N–H and O–H groups in total. The van der Waals surface area contributed by atoms with E-state index in [4.69, 9.17) is 0 Å². The Morgan fingerprint density at radius 1 is 1.45 bits per heavy atom. The van der Waals surface area contributed by atoms with Crippen molar-refractivity contribution in [2.24, 2.45) is 5.10 Å². The van der Waals surface area contributed by atoms with Gasteiger partial charge in [-0.3, -0.25) is 0 Å². The molecule has 0 unspecified atom stereocenters. The molecule has 0 aliphatic heterocycles. The summed E-state index contributed by atoms with van der Waals surface area (Å²) in [6.45, 7) is 3.61. The number of halogens is 1. The van der Waals surface area contributed by atoms with Crippen LogP contribution in [-0.4, -0.2) is 6.72 Å². The fourth-order valence-corrected chi connectivity index (χ4v) is 0.783. The summed E-state index contributed by atoms with van der Waals surface area (Å²) in [6, 6.07) is 6.55. The molecule has 0 saturated carbocycles.